The molecule has 1 atom stereocenters. The number of ether oxygens (including phenoxy) is 1. The maximum Gasteiger partial charge on any atom is 0.225 e. The topological polar surface area (TPSA) is 45.9 Å². The fourth-order valence-electron chi connectivity index (χ4n) is 3.75. The minimum atomic E-state index is -0.206. The van der Waals surface area contributed by atoms with Crippen LogP contribution in [0, 0.1) is 12.8 Å². The Morgan fingerprint density at radius 1 is 1.30 bits per heavy atom. The molecule has 2 aliphatic rings. The number of carbonyl (C=O) groups is 1. The standard InChI is InChI=1S/C18H28N2O3/c1-14(2)17(21)20-8-4-7-18(13-20)12-19(9-10-22-18)11-16-6-5-15(3)23-16/h5-6,14H,4,7-13H2,1-3H3. The van der Waals surface area contributed by atoms with Gasteiger partial charge in [0.15, 0.2) is 0 Å². The van der Waals surface area contributed by atoms with Crippen molar-refractivity contribution >= 4 is 5.91 Å². The van der Waals surface area contributed by atoms with Gasteiger partial charge in [0.25, 0.3) is 0 Å². The Kier molecular flexibility index (Phi) is 4.78. The van der Waals surface area contributed by atoms with Gasteiger partial charge >= 0.3 is 0 Å². The Bertz CT molecular complexity index is 550. The SMILES string of the molecule is Cc1ccc(CN2CCOC3(CCCN(C(=O)C(C)C)C3)C2)o1. The van der Waals surface area contributed by atoms with Crippen LogP contribution in [0.2, 0.25) is 0 Å². The second-order valence-electron chi connectivity index (χ2n) is 7.27. The average molecular weight is 320 g/mol. The van der Waals surface area contributed by atoms with Crippen molar-refractivity contribution in [2.45, 2.75) is 45.8 Å². The molecule has 23 heavy (non-hydrogen) atoms. The first kappa shape index (κ1) is 16.5. The zero-order chi connectivity index (χ0) is 16.4. The highest BCUT2D eigenvalue weighted by atomic mass is 16.5. The fourth-order valence-corrected chi connectivity index (χ4v) is 3.75. The molecule has 1 unspecified atom stereocenters. The van der Waals surface area contributed by atoms with Crippen LogP contribution in [-0.4, -0.2) is 54.1 Å². The number of likely N-dealkylation sites (tertiary alicyclic amines) is 1. The van der Waals surface area contributed by atoms with Crippen molar-refractivity contribution in [1.29, 1.82) is 0 Å². The molecule has 1 amide bonds. The molecule has 3 rings (SSSR count). The minimum absolute atomic E-state index is 0.0518. The molecule has 0 saturated carbocycles. The van der Waals surface area contributed by atoms with Gasteiger partial charge < -0.3 is 14.1 Å². The van der Waals surface area contributed by atoms with Gasteiger partial charge in [0, 0.05) is 25.6 Å². The number of piperidine rings is 1. The highest BCUT2D eigenvalue weighted by Gasteiger charge is 2.42. The summed E-state index contributed by atoms with van der Waals surface area (Å²) in [5.41, 5.74) is -0.206. The normalized spacial score (nSPS) is 26.2. The van der Waals surface area contributed by atoms with Gasteiger partial charge in [-0.05, 0) is 31.9 Å². The van der Waals surface area contributed by atoms with E-state index in [2.05, 4.69) is 4.90 Å². The molecule has 1 spiro atoms. The molecule has 2 aliphatic heterocycles. The second-order valence-corrected chi connectivity index (χ2v) is 7.27. The lowest BCUT2D eigenvalue weighted by atomic mass is 9.90. The Morgan fingerprint density at radius 3 is 2.83 bits per heavy atom. The highest BCUT2D eigenvalue weighted by molar-refractivity contribution is 5.78. The van der Waals surface area contributed by atoms with Gasteiger partial charge in [-0.3, -0.25) is 9.69 Å². The smallest absolute Gasteiger partial charge is 0.225 e. The van der Waals surface area contributed by atoms with Crippen LogP contribution in [0.4, 0.5) is 0 Å². The summed E-state index contributed by atoms with van der Waals surface area (Å²) in [6.07, 6.45) is 2.05. The molecule has 0 aromatic carbocycles. The second kappa shape index (κ2) is 6.65. The third-order valence-corrected chi connectivity index (χ3v) is 4.85. The maximum absolute atomic E-state index is 12.3. The summed E-state index contributed by atoms with van der Waals surface area (Å²) in [6, 6.07) is 4.06. The fraction of sp³-hybridized carbons (Fsp3) is 0.722. The van der Waals surface area contributed by atoms with E-state index in [1.807, 2.05) is 37.8 Å². The van der Waals surface area contributed by atoms with E-state index in [0.717, 1.165) is 63.7 Å². The van der Waals surface area contributed by atoms with Crippen molar-refractivity contribution in [3.8, 4) is 0 Å². The van der Waals surface area contributed by atoms with Crippen LogP contribution in [0.15, 0.2) is 16.5 Å². The minimum Gasteiger partial charge on any atom is -0.465 e. The van der Waals surface area contributed by atoms with Gasteiger partial charge in [-0.15, -0.1) is 0 Å². The molecule has 0 aliphatic carbocycles. The zero-order valence-electron chi connectivity index (χ0n) is 14.5. The van der Waals surface area contributed by atoms with Gasteiger partial charge in [-0.1, -0.05) is 13.8 Å². The van der Waals surface area contributed by atoms with Gasteiger partial charge in [-0.25, -0.2) is 0 Å². The van der Waals surface area contributed by atoms with E-state index in [0.29, 0.717) is 0 Å². The Morgan fingerprint density at radius 2 is 2.13 bits per heavy atom. The van der Waals surface area contributed by atoms with Gasteiger partial charge in [0.05, 0.1) is 25.3 Å². The lowest BCUT2D eigenvalue weighted by Crippen LogP contribution is -2.60. The van der Waals surface area contributed by atoms with Gasteiger partial charge in [0.1, 0.15) is 11.5 Å². The predicted octanol–water partition coefficient (Wildman–Crippen LogP) is 2.44. The molecular formula is C18H28N2O3. The van der Waals surface area contributed by atoms with Crippen LogP contribution in [0.5, 0.6) is 0 Å². The lowest BCUT2D eigenvalue weighted by Gasteiger charge is -2.48. The Labute approximate surface area is 138 Å². The summed E-state index contributed by atoms with van der Waals surface area (Å²) in [5.74, 6) is 2.25. The molecule has 0 N–H and O–H groups in total. The number of hydrogen-bond acceptors (Lipinski definition) is 4. The molecular weight excluding hydrogens is 292 g/mol. The molecule has 128 valence electrons. The third kappa shape index (κ3) is 3.78. The molecule has 0 radical (unpaired) electrons. The third-order valence-electron chi connectivity index (χ3n) is 4.85. The van der Waals surface area contributed by atoms with Crippen LogP contribution in [0.1, 0.15) is 38.2 Å². The molecule has 1 aromatic heterocycles. The molecule has 5 nitrogen and oxygen atoms in total. The average Bonchev–Trinajstić information content (AvgIpc) is 2.91. The van der Waals surface area contributed by atoms with Crippen LogP contribution in [0.25, 0.3) is 0 Å². The first-order valence-electron chi connectivity index (χ1n) is 8.68. The van der Waals surface area contributed by atoms with Crippen molar-refractivity contribution in [3.05, 3.63) is 23.7 Å². The molecule has 0 bridgehead atoms. The van der Waals surface area contributed by atoms with Crippen LogP contribution >= 0.6 is 0 Å². The zero-order valence-corrected chi connectivity index (χ0v) is 14.5. The number of nitrogens with zero attached hydrogens (tertiary/aromatic N) is 2. The quantitative estimate of drug-likeness (QED) is 0.858. The van der Waals surface area contributed by atoms with E-state index in [-0.39, 0.29) is 17.4 Å². The van der Waals surface area contributed by atoms with Crippen molar-refractivity contribution < 1.29 is 13.9 Å². The summed E-state index contributed by atoms with van der Waals surface area (Å²) >= 11 is 0. The van der Waals surface area contributed by atoms with Gasteiger partial charge in [-0.2, -0.15) is 0 Å². The predicted molar refractivity (Wildman–Crippen MR) is 88.1 cm³/mol. The molecule has 2 fully saturated rings. The summed E-state index contributed by atoms with van der Waals surface area (Å²) in [4.78, 5) is 16.7. The number of rotatable bonds is 3. The summed E-state index contributed by atoms with van der Waals surface area (Å²) < 4.78 is 11.9. The molecule has 3 heterocycles. The molecule has 1 aromatic rings. The van der Waals surface area contributed by atoms with Crippen LogP contribution < -0.4 is 0 Å². The number of amides is 1. The number of hydrogen-bond donors (Lipinski definition) is 0. The summed E-state index contributed by atoms with van der Waals surface area (Å²) in [6.45, 7) is 10.8. The number of furan rings is 1. The van der Waals surface area contributed by atoms with E-state index in [9.17, 15) is 4.79 Å². The Hall–Kier alpha value is -1.33. The number of carbonyl (C=O) groups excluding carboxylic acids is 1. The van der Waals surface area contributed by atoms with E-state index in [4.69, 9.17) is 9.15 Å². The first-order chi connectivity index (χ1) is 11.0. The summed E-state index contributed by atoms with van der Waals surface area (Å²) in [5, 5.41) is 0. The van der Waals surface area contributed by atoms with Crippen molar-refractivity contribution in [2.24, 2.45) is 5.92 Å². The summed E-state index contributed by atoms with van der Waals surface area (Å²) in [7, 11) is 0. The van der Waals surface area contributed by atoms with E-state index < -0.39 is 0 Å². The van der Waals surface area contributed by atoms with Crippen LogP contribution in [0.3, 0.4) is 0 Å². The number of morpholine rings is 1. The van der Waals surface area contributed by atoms with E-state index >= 15 is 0 Å². The Balaban J connectivity index is 1.65. The van der Waals surface area contributed by atoms with Crippen molar-refractivity contribution in [1.82, 2.24) is 9.80 Å². The van der Waals surface area contributed by atoms with Gasteiger partial charge in [0.2, 0.25) is 5.91 Å². The molecule has 5 heteroatoms. The largest absolute Gasteiger partial charge is 0.465 e. The van der Waals surface area contributed by atoms with Crippen molar-refractivity contribution in [3.63, 3.8) is 0 Å². The monoisotopic (exact) mass is 320 g/mol. The van der Waals surface area contributed by atoms with E-state index in [1.165, 1.54) is 0 Å². The lowest BCUT2D eigenvalue weighted by molar-refractivity contribution is -0.160. The number of aryl methyl sites for hydroxylation is 1. The molecule has 2 saturated heterocycles. The van der Waals surface area contributed by atoms with E-state index in [1.54, 1.807) is 0 Å². The first-order valence-corrected chi connectivity index (χ1v) is 8.68. The van der Waals surface area contributed by atoms with Crippen LogP contribution in [-0.2, 0) is 16.1 Å². The maximum atomic E-state index is 12.3. The van der Waals surface area contributed by atoms with Crippen molar-refractivity contribution in [2.75, 3.05) is 32.8 Å². The highest BCUT2D eigenvalue weighted by Crippen LogP contribution is 2.30.